The number of aliphatic hydroxyl groups is 1. The van der Waals surface area contributed by atoms with E-state index in [0.29, 0.717) is 18.5 Å². The van der Waals surface area contributed by atoms with Gasteiger partial charge in [0.2, 0.25) is 5.95 Å². The third-order valence-corrected chi connectivity index (χ3v) is 3.63. The van der Waals surface area contributed by atoms with Gasteiger partial charge in [-0.3, -0.25) is 0 Å². The van der Waals surface area contributed by atoms with Crippen LogP contribution in [0, 0.1) is 0 Å². The third kappa shape index (κ3) is 4.62. The van der Waals surface area contributed by atoms with Gasteiger partial charge in [0, 0.05) is 49.7 Å². The van der Waals surface area contributed by atoms with E-state index in [2.05, 4.69) is 38.9 Å². The highest BCUT2D eigenvalue weighted by molar-refractivity contribution is 5.34. The van der Waals surface area contributed by atoms with E-state index < -0.39 is 0 Å². The molecule has 2 atom stereocenters. The molecule has 2 N–H and O–H groups in total. The molecule has 1 aromatic heterocycles. The van der Waals surface area contributed by atoms with E-state index in [0.717, 1.165) is 25.1 Å². The minimum atomic E-state index is -0.291. The van der Waals surface area contributed by atoms with Crippen LogP contribution in [0.5, 0.6) is 0 Å². The number of β-amino-alcohol motifs (C(OH)–C–C–N with tert-alkyl or cyclic N) is 1. The Morgan fingerprint density at radius 3 is 2.62 bits per heavy atom. The first-order chi connectivity index (χ1) is 9.95. The highest BCUT2D eigenvalue weighted by Gasteiger charge is 2.32. The van der Waals surface area contributed by atoms with E-state index in [4.69, 9.17) is 0 Å². The molecule has 0 spiro atoms. The Kier molecular flexibility index (Phi) is 5.50. The zero-order chi connectivity index (χ0) is 15.4. The molecule has 0 aromatic carbocycles. The lowest BCUT2D eigenvalue weighted by molar-refractivity contribution is 0.191. The Balaban J connectivity index is 2.02. The van der Waals surface area contributed by atoms with Crippen LogP contribution in [0.2, 0.25) is 0 Å². The highest BCUT2D eigenvalue weighted by atomic mass is 16.3. The summed E-state index contributed by atoms with van der Waals surface area (Å²) in [5, 5.41) is 13.3. The zero-order valence-corrected chi connectivity index (χ0v) is 13.5. The molecule has 0 amide bonds. The Morgan fingerprint density at radius 2 is 2.05 bits per heavy atom. The van der Waals surface area contributed by atoms with Gasteiger partial charge < -0.3 is 20.2 Å². The minimum absolute atomic E-state index is 0.273. The van der Waals surface area contributed by atoms with Crippen molar-refractivity contribution in [2.45, 2.75) is 45.0 Å². The van der Waals surface area contributed by atoms with Crippen LogP contribution < -0.4 is 10.2 Å². The van der Waals surface area contributed by atoms with Crippen molar-refractivity contribution < 1.29 is 5.11 Å². The second-order valence-corrected chi connectivity index (χ2v) is 6.38. The molecule has 0 radical (unpaired) electrons. The summed E-state index contributed by atoms with van der Waals surface area (Å²) in [4.78, 5) is 13.2. The van der Waals surface area contributed by atoms with Crippen LogP contribution in [0.15, 0.2) is 12.4 Å². The molecule has 0 bridgehead atoms. The SMILES string of the molecule is CC(C)NCc1cnc(N2CC(O)CC2CN(C)C)nc1. The summed E-state index contributed by atoms with van der Waals surface area (Å²) >= 11 is 0. The summed E-state index contributed by atoms with van der Waals surface area (Å²) in [5.74, 6) is 0.715. The van der Waals surface area contributed by atoms with Crippen LogP contribution in [-0.2, 0) is 6.54 Å². The van der Waals surface area contributed by atoms with Crippen LogP contribution in [0.25, 0.3) is 0 Å². The van der Waals surface area contributed by atoms with Crippen molar-refractivity contribution >= 4 is 5.95 Å². The predicted molar refractivity (Wildman–Crippen MR) is 84.3 cm³/mol. The van der Waals surface area contributed by atoms with E-state index >= 15 is 0 Å². The molecule has 1 aliphatic heterocycles. The minimum Gasteiger partial charge on any atom is -0.391 e. The molecule has 1 saturated heterocycles. The maximum atomic E-state index is 9.92. The summed E-state index contributed by atoms with van der Waals surface area (Å²) in [6.45, 7) is 6.53. The predicted octanol–water partition coefficient (Wildman–Crippen LogP) is 0.476. The third-order valence-electron chi connectivity index (χ3n) is 3.63. The number of nitrogens with one attached hydrogen (secondary N) is 1. The zero-order valence-electron chi connectivity index (χ0n) is 13.5. The molecule has 118 valence electrons. The quantitative estimate of drug-likeness (QED) is 0.795. The van der Waals surface area contributed by atoms with E-state index in [1.807, 2.05) is 26.5 Å². The fourth-order valence-corrected chi connectivity index (χ4v) is 2.64. The van der Waals surface area contributed by atoms with Gasteiger partial charge >= 0.3 is 0 Å². The van der Waals surface area contributed by atoms with E-state index in [1.165, 1.54) is 0 Å². The van der Waals surface area contributed by atoms with Gasteiger partial charge in [-0.2, -0.15) is 0 Å². The van der Waals surface area contributed by atoms with Gasteiger partial charge in [0.05, 0.1) is 6.10 Å². The largest absolute Gasteiger partial charge is 0.391 e. The Labute approximate surface area is 127 Å². The maximum Gasteiger partial charge on any atom is 0.225 e. The number of hydrogen-bond donors (Lipinski definition) is 2. The van der Waals surface area contributed by atoms with Gasteiger partial charge in [0.1, 0.15) is 0 Å². The second-order valence-electron chi connectivity index (χ2n) is 6.38. The van der Waals surface area contributed by atoms with Crippen molar-refractivity contribution in [2.75, 3.05) is 32.1 Å². The van der Waals surface area contributed by atoms with Crippen molar-refractivity contribution in [3.05, 3.63) is 18.0 Å². The second kappa shape index (κ2) is 7.15. The highest BCUT2D eigenvalue weighted by Crippen LogP contribution is 2.23. The average molecular weight is 293 g/mol. The smallest absolute Gasteiger partial charge is 0.225 e. The van der Waals surface area contributed by atoms with Crippen molar-refractivity contribution in [1.82, 2.24) is 20.2 Å². The van der Waals surface area contributed by atoms with Gasteiger partial charge in [-0.1, -0.05) is 13.8 Å². The number of nitrogens with zero attached hydrogens (tertiary/aromatic N) is 4. The number of likely N-dealkylation sites (N-methyl/N-ethyl adjacent to an activating group) is 1. The van der Waals surface area contributed by atoms with Crippen LogP contribution >= 0.6 is 0 Å². The molecule has 6 nitrogen and oxygen atoms in total. The van der Waals surface area contributed by atoms with E-state index in [-0.39, 0.29) is 12.1 Å². The first-order valence-electron chi connectivity index (χ1n) is 7.59. The van der Waals surface area contributed by atoms with Crippen LogP contribution in [0.4, 0.5) is 5.95 Å². The lowest BCUT2D eigenvalue weighted by Gasteiger charge is -2.26. The van der Waals surface area contributed by atoms with E-state index in [1.54, 1.807) is 0 Å². The van der Waals surface area contributed by atoms with Crippen LogP contribution in [0.1, 0.15) is 25.8 Å². The summed E-state index contributed by atoms with van der Waals surface area (Å²) in [7, 11) is 4.09. The fourth-order valence-electron chi connectivity index (χ4n) is 2.64. The molecule has 1 fully saturated rings. The van der Waals surface area contributed by atoms with Crippen molar-refractivity contribution in [1.29, 1.82) is 0 Å². The Bertz CT molecular complexity index is 434. The lowest BCUT2D eigenvalue weighted by Crippen LogP contribution is -2.38. The summed E-state index contributed by atoms with van der Waals surface area (Å²) < 4.78 is 0. The maximum absolute atomic E-state index is 9.92. The van der Waals surface area contributed by atoms with E-state index in [9.17, 15) is 5.11 Å². The molecule has 1 aromatic rings. The molecule has 0 aliphatic carbocycles. The molecule has 6 heteroatoms. The van der Waals surface area contributed by atoms with Crippen LogP contribution in [-0.4, -0.2) is 65.3 Å². The van der Waals surface area contributed by atoms with Crippen molar-refractivity contribution in [2.24, 2.45) is 0 Å². The molecular weight excluding hydrogens is 266 g/mol. The molecule has 2 rings (SSSR count). The molecular formula is C15H27N5O. The molecule has 2 unspecified atom stereocenters. The number of aliphatic hydroxyl groups excluding tert-OH is 1. The van der Waals surface area contributed by atoms with Gasteiger partial charge in [0.15, 0.2) is 0 Å². The monoisotopic (exact) mass is 293 g/mol. The average Bonchev–Trinajstić information content (AvgIpc) is 2.77. The van der Waals surface area contributed by atoms with Gasteiger partial charge in [0.25, 0.3) is 0 Å². The Hall–Kier alpha value is -1.24. The standard InChI is InChI=1S/C15H27N5O/c1-11(2)16-6-12-7-17-15(18-8-12)20-10-14(21)5-13(20)9-19(3)4/h7-8,11,13-14,16,21H,5-6,9-10H2,1-4H3. The molecule has 2 heterocycles. The summed E-state index contributed by atoms with van der Waals surface area (Å²) in [6, 6.07) is 0.720. The van der Waals surface area contributed by atoms with Crippen molar-refractivity contribution in [3.8, 4) is 0 Å². The van der Waals surface area contributed by atoms with Gasteiger partial charge in [-0.15, -0.1) is 0 Å². The molecule has 1 aliphatic rings. The molecule has 21 heavy (non-hydrogen) atoms. The van der Waals surface area contributed by atoms with Crippen LogP contribution in [0.3, 0.4) is 0 Å². The fraction of sp³-hybridized carbons (Fsp3) is 0.733. The number of rotatable bonds is 6. The molecule has 0 saturated carbocycles. The van der Waals surface area contributed by atoms with Gasteiger partial charge in [-0.25, -0.2) is 9.97 Å². The van der Waals surface area contributed by atoms with Gasteiger partial charge in [-0.05, 0) is 20.5 Å². The topological polar surface area (TPSA) is 64.5 Å². The lowest BCUT2D eigenvalue weighted by atomic mass is 10.2. The summed E-state index contributed by atoms with van der Waals surface area (Å²) in [5.41, 5.74) is 1.08. The first kappa shape index (κ1) is 16.1. The number of hydrogen-bond acceptors (Lipinski definition) is 6. The number of anilines is 1. The first-order valence-corrected chi connectivity index (χ1v) is 7.59. The number of aromatic nitrogens is 2. The Morgan fingerprint density at radius 1 is 1.38 bits per heavy atom. The summed E-state index contributed by atoms with van der Waals surface area (Å²) in [6.07, 6.45) is 4.23. The normalized spacial score (nSPS) is 22.5. The van der Waals surface area contributed by atoms with Crippen molar-refractivity contribution in [3.63, 3.8) is 0 Å².